The van der Waals surface area contributed by atoms with Crippen LogP contribution in [0.3, 0.4) is 0 Å². The standard InChI is InChI=1S/C20H18F2N4O3S/c21-13-2-1-3-14(22)18(13)20-26-16(10-30-20)19(28)25-15-8-23-5-4-17(15)29-12-6-11(9-27)24-7-12/h1-5,8,10-12,24,27H,6-7,9H2,(H,25,28)/t11-,12?/m0/s1. The molecule has 3 aromatic rings. The normalized spacial score (nSPS) is 18.4. The zero-order valence-corrected chi connectivity index (χ0v) is 16.5. The maximum atomic E-state index is 14.0. The Labute approximate surface area is 174 Å². The summed E-state index contributed by atoms with van der Waals surface area (Å²) in [5.41, 5.74) is 0.107. The van der Waals surface area contributed by atoms with Gasteiger partial charge in [-0.2, -0.15) is 0 Å². The summed E-state index contributed by atoms with van der Waals surface area (Å²) in [6.45, 7) is 0.596. The van der Waals surface area contributed by atoms with E-state index in [1.165, 1.54) is 17.6 Å². The molecule has 1 amide bonds. The van der Waals surface area contributed by atoms with Crippen molar-refractivity contribution in [2.75, 3.05) is 18.5 Å². The highest BCUT2D eigenvalue weighted by molar-refractivity contribution is 7.13. The molecule has 1 aliphatic heterocycles. The zero-order valence-electron chi connectivity index (χ0n) is 15.6. The molecule has 2 atom stereocenters. The fraction of sp³-hybridized carbons (Fsp3) is 0.250. The summed E-state index contributed by atoms with van der Waals surface area (Å²) in [6, 6.07) is 5.14. The van der Waals surface area contributed by atoms with E-state index in [9.17, 15) is 18.7 Å². The molecule has 1 saturated heterocycles. The van der Waals surface area contributed by atoms with Crippen LogP contribution in [0.5, 0.6) is 5.75 Å². The van der Waals surface area contributed by atoms with Crippen LogP contribution in [0.1, 0.15) is 16.9 Å². The summed E-state index contributed by atoms with van der Waals surface area (Å²) in [7, 11) is 0. The minimum absolute atomic E-state index is 0.0224. The molecule has 1 aliphatic rings. The molecule has 0 saturated carbocycles. The van der Waals surface area contributed by atoms with Crippen molar-refractivity contribution in [3.05, 3.63) is 59.4 Å². The molecule has 4 rings (SSSR count). The molecule has 0 spiro atoms. The largest absolute Gasteiger partial charge is 0.487 e. The quantitative estimate of drug-likeness (QED) is 0.554. The predicted molar refractivity (Wildman–Crippen MR) is 108 cm³/mol. The van der Waals surface area contributed by atoms with Gasteiger partial charge in [0, 0.05) is 36.7 Å². The van der Waals surface area contributed by atoms with Crippen LogP contribution in [0.2, 0.25) is 0 Å². The fourth-order valence-electron chi connectivity index (χ4n) is 3.15. The highest BCUT2D eigenvalue weighted by Crippen LogP contribution is 2.30. The van der Waals surface area contributed by atoms with Crippen LogP contribution in [-0.2, 0) is 0 Å². The Bertz CT molecular complexity index is 1040. The maximum Gasteiger partial charge on any atom is 0.275 e. The smallest absolute Gasteiger partial charge is 0.275 e. The number of amides is 1. The Balaban J connectivity index is 1.49. The zero-order chi connectivity index (χ0) is 21.1. The van der Waals surface area contributed by atoms with Gasteiger partial charge in [-0.05, 0) is 12.1 Å². The van der Waals surface area contributed by atoms with E-state index in [-0.39, 0.29) is 35.0 Å². The molecular weight excluding hydrogens is 414 g/mol. The minimum atomic E-state index is -0.745. The Kier molecular flexibility index (Phi) is 5.98. The Morgan fingerprint density at radius 3 is 2.87 bits per heavy atom. The Morgan fingerprint density at radius 2 is 2.13 bits per heavy atom. The Morgan fingerprint density at radius 1 is 1.33 bits per heavy atom. The first kappa shape index (κ1) is 20.3. The maximum absolute atomic E-state index is 14.0. The van der Waals surface area contributed by atoms with E-state index in [2.05, 4.69) is 20.6 Å². The predicted octanol–water partition coefficient (Wildman–Crippen LogP) is 2.84. The second kappa shape index (κ2) is 8.82. The average Bonchev–Trinajstić information content (AvgIpc) is 3.39. The number of ether oxygens (including phenoxy) is 1. The molecular formula is C20H18F2N4O3S. The highest BCUT2D eigenvalue weighted by atomic mass is 32.1. The van der Waals surface area contributed by atoms with E-state index in [0.717, 1.165) is 23.5 Å². The number of aliphatic hydroxyl groups is 1. The molecule has 2 aromatic heterocycles. The van der Waals surface area contributed by atoms with Gasteiger partial charge in [0.25, 0.3) is 5.91 Å². The molecule has 7 nitrogen and oxygen atoms in total. The van der Waals surface area contributed by atoms with Crippen molar-refractivity contribution in [1.29, 1.82) is 0 Å². The molecule has 3 heterocycles. The van der Waals surface area contributed by atoms with Gasteiger partial charge in [-0.15, -0.1) is 11.3 Å². The summed E-state index contributed by atoms with van der Waals surface area (Å²) >= 11 is 0.972. The van der Waals surface area contributed by atoms with E-state index < -0.39 is 17.5 Å². The third kappa shape index (κ3) is 4.30. The van der Waals surface area contributed by atoms with Crippen molar-refractivity contribution in [3.63, 3.8) is 0 Å². The SMILES string of the molecule is O=C(Nc1cnccc1OC1CN[C@H](CO)C1)c1csc(-c2c(F)cccc2F)n1. The minimum Gasteiger partial charge on any atom is -0.487 e. The van der Waals surface area contributed by atoms with E-state index in [1.807, 2.05) is 0 Å². The topological polar surface area (TPSA) is 96.4 Å². The number of thiazole rings is 1. The second-order valence-electron chi connectivity index (χ2n) is 6.72. The number of carbonyl (C=O) groups is 1. The lowest BCUT2D eigenvalue weighted by Crippen LogP contribution is -2.25. The van der Waals surface area contributed by atoms with Gasteiger partial charge in [-0.3, -0.25) is 9.78 Å². The van der Waals surface area contributed by atoms with Crippen LogP contribution in [-0.4, -0.2) is 46.3 Å². The van der Waals surface area contributed by atoms with E-state index >= 15 is 0 Å². The number of anilines is 1. The Hall–Kier alpha value is -2.95. The lowest BCUT2D eigenvalue weighted by molar-refractivity contribution is 0.102. The van der Waals surface area contributed by atoms with Crippen molar-refractivity contribution in [2.45, 2.75) is 18.6 Å². The molecule has 10 heteroatoms. The van der Waals surface area contributed by atoms with Crippen LogP contribution in [0.4, 0.5) is 14.5 Å². The molecule has 0 radical (unpaired) electrons. The first-order valence-electron chi connectivity index (χ1n) is 9.21. The monoisotopic (exact) mass is 432 g/mol. The van der Waals surface area contributed by atoms with Gasteiger partial charge in [0.15, 0.2) is 0 Å². The third-order valence-electron chi connectivity index (χ3n) is 4.64. The summed E-state index contributed by atoms with van der Waals surface area (Å²) < 4.78 is 33.9. The van der Waals surface area contributed by atoms with Crippen molar-refractivity contribution in [1.82, 2.24) is 15.3 Å². The van der Waals surface area contributed by atoms with Gasteiger partial charge < -0.3 is 20.5 Å². The van der Waals surface area contributed by atoms with Gasteiger partial charge in [-0.25, -0.2) is 13.8 Å². The number of aromatic nitrogens is 2. The van der Waals surface area contributed by atoms with Crippen molar-refractivity contribution in [2.24, 2.45) is 0 Å². The molecule has 156 valence electrons. The molecule has 0 aliphatic carbocycles. The molecule has 1 unspecified atom stereocenters. The van der Waals surface area contributed by atoms with Gasteiger partial charge in [-0.1, -0.05) is 6.07 Å². The van der Waals surface area contributed by atoms with Crippen LogP contribution < -0.4 is 15.4 Å². The number of halogens is 2. The number of hydrogen-bond acceptors (Lipinski definition) is 7. The van der Waals surface area contributed by atoms with Crippen LogP contribution in [0, 0.1) is 11.6 Å². The number of hydrogen-bond donors (Lipinski definition) is 3. The number of aliphatic hydroxyl groups excluding tert-OH is 1. The number of nitrogens with zero attached hydrogens (tertiary/aromatic N) is 2. The van der Waals surface area contributed by atoms with Crippen LogP contribution in [0.25, 0.3) is 10.6 Å². The average molecular weight is 432 g/mol. The summed E-state index contributed by atoms with van der Waals surface area (Å²) in [4.78, 5) is 20.7. The number of carbonyl (C=O) groups excluding carboxylic acids is 1. The van der Waals surface area contributed by atoms with E-state index in [1.54, 1.807) is 12.3 Å². The van der Waals surface area contributed by atoms with E-state index in [0.29, 0.717) is 24.4 Å². The van der Waals surface area contributed by atoms with Gasteiger partial charge >= 0.3 is 0 Å². The number of benzene rings is 1. The summed E-state index contributed by atoms with van der Waals surface area (Å²) in [5, 5.41) is 16.6. The van der Waals surface area contributed by atoms with Crippen LogP contribution >= 0.6 is 11.3 Å². The van der Waals surface area contributed by atoms with Crippen LogP contribution in [0.15, 0.2) is 42.0 Å². The lowest BCUT2D eigenvalue weighted by Gasteiger charge is -2.16. The van der Waals surface area contributed by atoms with Gasteiger partial charge in [0.05, 0.1) is 18.4 Å². The highest BCUT2D eigenvalue weighted by Gasteiger charge is 2.26. The lowest BCUT2D eigenvalue weighted by atomic mass is 10.2. The van der Waals surface area contributed by atoms with Gasteiger partial charge in [0.1, 0.15) is 39.9 Å². The number of nitrogens with one attached hydrogen (secondary N) is 2. The first-order chi connectivity index (χ1) is 14.5. The summed E-state index contributed by atoms with van der Waals surface area (Å²) in [5.74, 6) is -1.61. The second-order valence-corrected chi connectivity index (χ2v) is 7.58. The molecule has 30 heavy (non-hydrogen) atoms. The van der Waals surface area contributed by atoms with Crippen molar-refractivity contribution < 1.29 is 23.4 Å². The first-order valence-corrected chi connectivity index (χ1v) is 10.1. The van der Waals surface area contributed by atoms with Crippen molar-refractivity contribution >= 4 is 22.9 Å². The number of rotatable bonds is 6. The molecule has 1 fully saturated rings. The summed E-state index contributed by atoms with van der Waals surface area (Å²) in [6.07, 6.45) is 3.47. The molecule has 0 bridgehead atoms. The van der Waals surface area contributed by atoms with Gasteiger partial charge in [0.2, 0.25) is 0 Å². The molecule has 3 N–H and O–H groups in total. The van der Waals surface area contributed by atoms with E-state index in [4.69, 9.17) is 4.74 Å². The third-order valence-corrected chi connectivity index (χ3v) is 5.50. The number of pyridine rings is 1. The fourth-order valence-corrected chi connectivity index (χ4v) is 4.00. The van der Waals surface area contributed by atoms with Crippen molar-refractivity contribution in [3.8, 4) is 16.3 Å². The molecule has 1 aromatic carbocycles.